The average molecular weight is 284 g/mol. The highest BCUT2D eigenvalue weighted by molar-refractivity contribution is 8.00. The fourth-order valence-electron chi connectivity index (χ4n) is 2.83. The summed E-state index contributed by atoms with van der Waals surface area (Å²) in [5.41, 5.74) is 0. The molecular formula is C13H20N2O3S. The zero-order valence-electron chi connectivity index (χ0n) is 11.0. The summed E-state index contributed by atoms with van der Waals surface area (Å²) in [4.78, 5) is 25.2. The lowest BCUT2D eigenvalue weighted by Gasteiger charge is -2.27. The maximum absolute atomic E-state index is 12.4. The zero-order valence-corrected chi connectivity index (χ0v) is 11.9. The molecule has 3 rings (SSSR count). The summed E-state index contributed by atoms with van der Waals surface area (Å²) in [5, 5.41) is 12.3. The lowest BCUT2D eigenvalue weighted by Crippen LogP contribution is -2.51. The van der Waals surface area contributed by atoms with Crippen LogP contribution in [0.25, 0.3) is 0 Å². The molecule has 0 aromatic carbocycles. The summed E-state index contributed by atoms with van der Waals surface area (Å²) < 4.78 is 0. The predicted octanol–water partition coefficient (Wildman–Crippen LogP) is 1.73. The van der Waals surface area contributed by atoms with Crippen molar-refractivity contribution in [2.45, 2.75) is 50.1 Å². The van der Waals surface area contributed by atoms with E-state index in [1.807, 2.05) is 0 Å². The normalized spacial score (nSPS) is 37.2. The molecule has 1 saturated heterocycles. The van der Waals surface area contributed by atoms with E-state index >= 15 is 0 Å². The minimum Gasteiger partial charge on any atom is -0.480 e. The number of carbonyl (C=O) groups is 2. The molecule has 2 aliphatic carbocycles. The number of amides is 2. The van der Waals surface area contributed by atoms with Gasteiger partial charge in [0.25, 0.3) is 0 Å². The first-order valence-corrected chi connectivity index (χ1v) is 8.10. The lowest BCUT2D eigenvalue weighted by molar-refractivity contribution is -0.141. The van der Waals surface area contributed by atoms with Crippen molar-refractivity contribution in [1.82, 2.24) is 10.2 Å². The molecule has 3 aliphatic rings. The van der Waals surface area contributed by atoms with Gasteiger partial charge in [-0.1, -0.05) is 13.3 Å². The molecule has 1 aliphatic heterocycles. The molecule has 4 atom stereocenters. The Labute approximate surface area is 117 Å². The minimum absolute atomic E-state index is 0.0694. The molecule has 0 radical (unpaired) electrons. The summed E-state index contributed by atoms with van der Waals surface area (Å²) >= 11 is 1.62. The summed E-state index contributed by atoms with van der Waals surface area (Å²) in [6, 6.07) is -0.568. The van der Waals surface area contributed by atoms with Crippen molar-refractivity contribution >= 4 is 23.8 Å². The molecule has 19 heavy (non-hydrogen) atoms. The van der Waals surface area contributed by atoms with Crippen LogP contribution in [0.1, 0.15) is 32.6 Å². The summed E-state index contributed by atoms with van der Waals surface area (Å²) in [6.45, 7) is 2.12. The predicted molar refractivity (Wildman–Crippen MR) is 73.0 cm³/mol. The molecule has 106 valence electrons. The van der Waals surface area contributed by atoms with Gasteiger partial charge in [-0.05, 0) is 31.1 Å². The van der Waals surface area contributed by atoms with Crippen molar-refractivity contribution in [3.05, 3.63) is 0 Å². The Balaban J connectivity index is 1.66. The molecular weight excluding hydrogens is 264 g/mol. The van der Waals surface area contributed by atoms with Crippen LogP contribution in [0.15, 0.2) is 0 Å². The second-order valence-electron chi connectivity index (χ2n) is 5.78. The standard InChI is InChI=1S/C13H20N2O3S/c1-2-7-5-9(7)14-13(18)15-10(12(16)17)6-19-11(15)8-3-4-8/h7-11H,2-6H2,1H3,(H,14,18)(H,16,17). The highest BCUT2D eigenvalue weighted by Gasteiger charge is 2.49. The molecule has 0 bridgehead atoms. The summed E-state index contributed by atoms with van der Waals surface area (Å²) in [7, 11) is 0. The number of rotatable bonds is 4. The number of nitrogens with one attached hydrogen (secondary N) is 1. The number of thioether (sulfide) groups is 1. The Morgan fingerprint density at radius 3 is 2.68 bits per heavy atom. The Kier molecular flexibility index (Phi) is 3.37. The summed E-state index contributed by atoms with van der Waals surface area (Å²) in [6.07, 6.45) is 4.35. The van der Waals surface area contributed by atoms with Crippen molar-refractivity contribution in [2.75, 3.05) is 5.75 Å². The highest BCUT2D eigenvalue weighted by atomic mass is 32.2. The van der Waals surface area contributed by atoms with E-state index in [0.717, 1.165) is 25.7 Å². The Bertz CT molecular complexity index is 399. The van der Waals surface area contributed by atoms with E-state index in [1.165, 1.54) is 0 Å². The second-order valence-corrected chi connectivity index (χ2v) is 6.93. The van der Waals surface area contributed by atoms with E-state index in [1.54, 1.807) is 16.7 Å². The van der Waals surface area contributed by atoms with Gasteiger partial charge in [-0.3, -0.25) is 4.90 Å². The van der Waals surface area contributed by atoms with Crippen molar-refractivity contribution in [3.63, 3.8) is 0 Å². The van der Waals surface area contributed by atoms with Crippen LogP contribution in [0.3, 0.4) is 0 Å². The molecule has 0 spiro atoms. The molecule has 3 fully saturated rings. The van der Waals surface area contributed by atoms with Crippen LogP contribution >= 0.6 is 11.8 Å². The maximum atomic E-state index is 12.4. The third kappa shape index (κ3) is 2.55. The molecule has 6 heteroatoms. The van der Waals surface area contributed by atoms with Gasteiger partial charge in [-0.25, -0.2) is 9.59 Å². The fourth-order valence-corrected chi connectivity index (χ4v) is 4.46. The number of hydrogen-bond acceptors (Lipinski definition) is 3. The monoisotopic (exact) mass is 284 g/mol. The van der Waals surface area contributed by atoms with E-state index in [2.05, 4.69) is 12.2 Å². The smallest absolute Gasteiger partial charge is 0.327 e. The SMILES string of the molecule is CCC1CC1NC(=O)N1C(C(=O)O)CSC1C1CC1. The van der Waals surface area contributed by atoms with E-state index in [-0.39, 0.29) is 17.4 Å². The van der Waals surface area contributed by atoms with Gasteiger partial charge in [0.15, 0.2) is 0 Å². The number of carbonyl (C=O) groups excluding carboxylic acids is 1. The first-order chi connectivity index (χ1) is 9.11. The number of carboxylic acid groups (broad SMARTS) is 1. The van der Waals surface area contributed by atoms with Gasteiger partial charge < -0.3 is 10.4 Å². The Morgan fingerprint density at radius 1 is 1.42 bits per heavy atom. The molecule has 2 N–H and O–H groups in total. The van der Waals surface area contributed by atoms with E-state index < -0.39 is 12.0 Å². The van der Waals surface area contributed by atoms with Crippen molar-refractivity contribution in [3.8, 4) is 0 Å². The molecule has 4 unspecified atom stereocenters. The molecule has 2 saturated carbocycles. The van der Waals surface area contributed by atoms with Crippen LogP contribution in [-0.4, -0.2) is 45.2 Å². The van der Waals surface area contributed by atoms with Gasteiger partial charge in [0.05, 0.1) is 5.37 Å². The van der Waals surface area contributed by atoms with Crippen LogP contribution < -0.4 is 5.32 Å². The number of carboxylic acids is 1. The van der Waals surface area contributed by atoms with Crippen LogP contribution in [0.4, 0.5) is 4.79 Å². The summed E-state index contributed by atoms with van der Waals surface area (Å²) in [5.74, 6) is 0.725. The first kappa shape index (κ1) is 13.1. The van der Waals surface area contributed by atoms with Gasteiger partial charge in [-0.2, -0.15) is 0 Å². The van der Waals surface area contributed by atoms with Gasteiger partial charge in [0.1, 0.15) is 6.04 Å². The largest absolute Gasteiger partial charge is 0.480 e. The van der Waals surface area contributed by atoms with E-state index in [4.69, 9.17) is 0 Å². The van der Waals surface area contributed by atoms with E-state index in [0.29, 0.717) is 17.6 Å². The molecule has 1 heterocycles. The van der Waals surface area contributed by atoms with Gasteiger partial charge >= 0.3 is 12.0 Å². The third-order valence-electron chi connectivity index (χ3n) is 4.34. The minimum atomic E-state index is -0.881. The van der Waals surface area contributed by atoms with Crippen LogP contribution in [-0.2, 0) is 4.79 Å². The molecule has 0 aromatic heterocycles. The van der Waals surface area contributed by atoms with Crippen molar-refractivity contribution in [2.24, 2.45) is 11.8 Å². The van der Waals surface area contributed by atoms with Crippen LogP contribution in [0.5, 0.6) is 0 Å². The van der Waals surface area contributed by atoms with Crippen LogP contribution in [0, 0.1) is 11.8 Å². The second kappa shape index (κ2) is 4.89. The Hall–Kier alpha value is -0.910. The third-order valence-corrected chi connectivity index (χ3v) is 5.80. The molecule has 5 nitrogen and oxygen atoms in total. The molecule has 2 amide bonds. The van der Waals surface area contributed by atoms with Gasteiger partial charge in [-0.15, -0.1) is 11.8 Å². The average Bonchev–Trinajstić information content (AvgIpc) is 3.28. The highest BCUT2D eigenvalue weighted by Crippen LogP contribution is 2.45. The Morgan fingerprint density at radius 2 is 2.16 bits per heavy atom. The number of hydrogen-bond donors (Lipinski definition) is 2. The topological polar surface area (TPSA) is 69.6 Å². The molecule has 0 aromatic rings. The number of nitrogens with zero attached hydrogens (tertiary/aromatic N) is 1. The van der Waals surface area contributed by atoms with Gasteiger partial charge in [0.2, 0.25) is 0 Å². The maximum Gasteiger partial charge on any atom is 0.327 e. The quantitative estimate of drug-likeness (QED) is 0.825. The fraction of sp³-hybridized carbons (Fsp3) is 0.846. The van der Waals surface area contributed by atoms with Crippen LogP contribution in [0.2, 0.25) is 0 Å². The lowest BCUT2D eigenvalue weighted by atomic mass is 10.2. The van der Waals surface area contributed by atoms with Crippen molar-refractivity contribution in [1.29, 1.82) is 0 Å². The number of urea groups is 1. The van der Waals surface area contributed by atoms with E-state index in [9.17, 15) is 14.7 Å². The first-order valence-electron chi connectivity index (χ1n) is 7.05. The number of aliphatic carboxylic acids is 1. The zero-order chi connectivity index (χ0) is 13.6. The van der Waals surface area contributed by atoms with Gasteiger partial charge in [0, 0.05) is 11.8 Å². The van der Waals surface area contributed by atoms with Crippen molar-refractivity contribution < 1.29 is 14.7 Å².